The van der Waals surface area contributed by atoms with Crippen molar-refractivity contribution in [1.82, 2.24) is 15.1 Å². The molecule has 8 heteroatoms. The topological polar surface area (TPSA) is 87.1 Å². The lowest BCUT2D eigenvalue weighted by Gasteiger charge is -2.36. The molecule has 0 radical (unpaired) electrons. The van der Waals surface area contributed by atoms with E-state index in [1.165, 1.54) is 16.3 Å². The second-order valence-corrected chi connectivity index (χ2v) is 7.43. The number of primary amides is 1. The zero-order chi connectivity index (χ0) is 20.9. The molecular weight excluding hydrogens is 505 g/mol. The summed E-state index contributed by atoms with van der Waals surface area (Å²) in [6.45, 7) is 5.14. The number of hydrogen-bond donors (Lipinski definition) is 2. The minimum absolute atomic E-state index is 0. The molecule has 1 saturated heterocycles. The van der Waals surface area contributed by atoms with Crippen molar-refractivity contribution in [3.8, 4) is 0 Å². The maximum Gasteiger partial charge on any atom is 0.284 e. The molecule has 0 atom stereocenters. The molecule has 0 unspecified atom stereocenters. The highest BCUT2D eigenvalue weighted by Gasteiger charge is 2.20. The van der Waals surface area contributed by atoms with Crippen LogP contribution in [-0.4, -0.2) is 54.9 Å². The molecule has 0 spiro atoms. The smallest absolute Gasteiger partial charge is 0.284 e. The van der Waals surface area contributed by atoms with E-state index in [4.69, 9.17) is 10.2 Å². The van der Waals surface area contributed by atoms with Crippen molar-refractivity contribution < 1.29 is 9.21 Å². The Labute approximate surface area is 199 Å². The third-order valence-electron chi connectivity index (χ3n) is 5.48. The summed E-state index contributed by atoms with van der Waals surface area (Å²) in [5.41, 5.74) is 6.60. The minimum atomic E-state index is -0.562. The number of carbonyl (C=O) groups excluding carboxylic acids is 1. The van der Waals surface area contributed by atoms with Crippen LogP contribution in [-0.2, 0) is 13.1 Å². The highest BCUT2D eigenvalue weighted by molar-refractivity contribution is 14.0. The number of nitrogens with two attached hydrogens (primary N) is 1. The summed E-state index contributed by atoms with van der Waals surface area (Å²) in [5.74, 6) is 1.09. The van der Waals surface area contributed by atoms with Gasteiger partial charge in [-0.3, -0.25) is 14.7 Å². The molecule has 2 aromatic carbocycles. The molecule has 0 aliphatic carbocycles. The minimum Gasteiger partial charge on any atom is -0.454 e. The van der Waals surface area contributed by atoms with Gasteiger partial charge in [-0.1, -0.05) is 42.5 Å². The molecule has 2 heterocycles. The molecule has 1 amide bonds. The number of nitrogens with one attached hydrogen (secondary N) is 1. The van der Waals surface area contributed by atoms with Crippen molar-refractivity contribution in [2.45, 2.75) is 13.1 Å². The zero-order valence-electron chi connectivity index (χ0n) is 17.6. The van der Waals surface area contributed by atoms with Gasteiger partial charge in [0.25, 0.3) is 5.91 Å². The summed E-state index contributed by atoms with van der Waals surface area (Å²) in [4.78, 5) is 20.3. The molecule has 31 heavy (non-hydrogen) atoms. The Kier molecular flexibility index (Phi) is 7.91. The van der Waals surface area contributed by atoms with Crippen molar-refractivity contribution in [2.24, 2.45) is 10.7 Å². The number of furan rings is 1. The number of hydrogen-bond acceptors (Lipinski definition) is 4. The van der Waals surface area contributed by atoms with Crippen molar-refractivity contribution in [2.75, 3.05) is 33.2 Å². The lowest BCUT2D eigenvalue weighted by Crippen LogP contribution is -2.52. The van der Waals surface area contributed by atoms with Gasteiger partial charge in [0.05, 0.1) is 6.54 Å². The fraction of sp³-hybridized carbons (Fsp3) is 0.304. The molecule has 7 nitrogen and oxygen atoms in total. The van der Waals surface area contributed by atoms with Crippen molar-refractivity contribution in [3.63, 3.8) is 0 Å². The van der Waals surface area contributed by atoms with E-state index in [1.807, 2.05) is 0 Å². The van der Waals surface area contributed by atoms with Gasteiger partial charge in [0, 0.05) is 39.8 Å². The molecular formula is C23H28IN5O2. The summed E-state index contributed by atoms with van der Waals surface area (Å²) < 4.78 is 5.43. The van der Waals surface area contributed by atoms with Gasteiger partial charge in [-0.25, -0.2) is 0 Å². The van der Waals surface area contributed by atoms with Crippen LogP contribution in [0.25, 0.3) is 10.8 Å². The Bertz CT molecular complexity index is 1050. The number of carbonyl (C=O) groups is 1. The second kappa shape index (κ2) is 10.6. The molecule has 1 fully saturated rings. The van der Waals surface area contributed by atoms with Gasteiger partial charge in [-0.05, 0) is 28.5 Å². The number of fused-ring (bicyclic) bond motifs is 1. The standard InChI is InChI=1S/C23H27N5O2.HI/c1-25-23(26-15-19-9-10-21(30-19)22(24)29)28-13-11-27(12-14-28)16-18-7-4-6-17-5-2-3-8-20(17)18;/h2-10H,11-16H2,1H3,(H2,24,29)(H,25,26);1H. The monoisotopic (exact) mass is 533 g/mol. The molecule has 164 valence electrons. The van der Waals surface area contributed by atoms with Crippen molar-refractivity contribution in [1.29, 1.82) is 0 Å². The van der Waals surface area contributed by atoms with Crippen LogP contribution in [0.15, 0.2) is 64.0 Å². The summed E-state index contributed by atoms with van der Waals surface area (Å²) >= 11 is 0. The number of aliphatic imine (C=N–C) groups is 1. The predicted molar refractivity (Wildman–Crippen MR) is 134 cm³/mol. The SMILES string of the molecule is CN=C(NCc1ccc(C(N)=O)o1)N1CCN(Cc2cccc3ccccc23)CC1.I. The number of benzene rings is 2. The van der Waals surface area contributed by atoms with E-state index in [0.717, 1.165) is 38.7 Å². The predicted octanol–water partition coefficient (Wildman–Crippen LogP) is 3.04. The van der Waals surface area contributed by atoms with Crippen LogP contribution in [0.2, 0.25) is 0 Å². The normalized spacial score (nSPS) is 15.0. The number of amides is 1. The number of halogens is 1. The van der Waals surface area contributed by atoms with Gasteiger partial charge < -0.3 is 20.4 Å². The molecule has 3 N–H and O–H groups in total. The fourth-order valence-corrected chi connectivity index (χ4v) is 3.89. The lowest BCUT2D eigenvalue weighted by atomic mass is 10.0. The van der Waals surface area contributed by atoms with Crippen LogP contribution in [0.5, 0.6) is 0 Å². The Morgan fingerprint density at radius 3 is 2.52 bits per heavy atom. The summed E-state index contributed by atoms with van der Waals surface area (Å²) in [6.07, 6.45) is 0. The van der Waals surface area contributed by atoms with Crippen LogP contribution in [0.1, 0.15) is 21.9 Å². The van der Waals surface area contributed by atoms with Gasteiger partial charge in [-0.2, -0.15) is 0 Å². The maximum absolute atomic E-state index is 11.2. The first-order valence-corrected chi connectivity index (χ1v) is 10.2. The summed E-state index contributed by atoms with van der Waals surface area (Å²) in [6, 6.07) is 18.4. The molecule has 3 aromatic rings. The number of rotatable bonds is 5. The van der Waals surface area contributed by atoms with E-state index in [0.29, 0.717) is 12.3 Å². The van der Waals surface area contributed by atoms with E-state index < -0.39 is 5.91 Å². The maximum atomic E-state index is 11.2. The van der Waals surface area contributed by atoms with Crippen LogP contribution >= 0.6 is 24.0 Å². The average Bonchev–Trinajstić information content (AvgIpc) is 3.25. The summed E-state index contributed by atoms with van der Waals surface area (Å²) in [7, 11) is 1.78. The lowest BCUT2D eigenvalue weighted by molar-refractivity contribution is 0.0972. The number of nitrogens with zero attached hydrogens (tertiary/aromatic N) is 3. The van der Waals surface area contributed by atoms with E-state index in [9.17, 15) is 4.79 Å². The van der Waals surface area contributed by atoms with Crippen LogP contribution < -0.4 is 11.1 Å². The van der Waals surface area contributed by atoms with Crippen LogP contribution in [0.4, 0.5) is 0 Å². The van der Waals surface area contributed by atoms with E-state index in [2.05, 4.69) is 62.6 Å². The van der Waals surface area contributed by atoms with Gasteiger partial charge >= 0.3 is 0 Å². The van der Waals surface area contributed by atoms with E-state index in [-0.39, 0.29) is 29.7 Å². The van der Waals surface area contributed by atoms with Gasteiger partial charge in [0.15, 0.2) is 11.7 Å². The Morgan fingerprint density at radius 1 is 1.06 bits per heavy atom. The molecule has 1 aliphatic heterocycles. The van der Waals surface area contributed by atoms with E-state index in [1.54, 1.807) is 19.2 Å². The largest absolute Gasteiger partial charge is 0.454 e. The highest BCUT2D eigenvalue weighted by atomic mass is 127. The molecule has 1 aliphatic rings. The van der Waals surface area contributed by atoms with Gasteiger partial charge in [-0.15, -0.1) is 24.0 Å². The molecule has 1 aromatic heterocycles. The number of guanidine groups is 1. The highest BCUT2D eigenvalue weighted by Crippen LogP contribution is 2.20. The van der Waals surface area contributed by atoms with Gasteiger partial charge in [0.2, 0.25) is 0 Å². The second-order valence-electron chi connectivity index (χ2n) is 7.43. The molecule has 4 rings (SSSR count). The Hall–Kier alpha value is -2.59. The first-order valence-electron chi connectivity index (χ1n) is 10.2. The quantitative estimate of drug-likeness (QED) is 0.299. The Balaban J connectivity index is 0.00000272. The fourth-order valence-electron chi connectivity index (χ4n) is 3.89. The van der Waals surface area contributed by atoms with Gasteiger partial charge in [0.1, 0.15) is 5.76 Å². The molecule has 0 bridgehead atoms. The first kappa shape index (κ1) is 23.1. The van der Waals surface area contributed by atoms with Crippen molar-refractivity contribution in [3.05, 3.63) is 71.7 Å². The zero-order valence-corrected chi connectivity index (χ0v) is 19.9. The van der Waals surface area contributed by atoms with E-state index >= 15 is 0 Å². The summed E-state index contributed by atoms with van der Waals surface area (Å²) in [5, 5.41) is 5.92. The van der Waals surface area contributed by atoms with Crippen LogP contribution in [0.3, 0.4) is 0 Å². The number of piperazine rings is 1. The van der Waals surface area contributed by atoms with Crippen molar-refractivity contribution >= 4 is 46.6 Å². The molecule has 0 saturated carbocycles. The first-order chi connectivity index (χ1) is 14.6. The average molecular weight is 533 g/mol. The third kappa shape index (κ3) is 5.56. The Morgan fingerprint density at radius 2 is 1.81 bits per heavy atom. The van der Waals surface area contributed by atoms with Crippen LogP contribution in [0, 0.1) is 0 Å². The third-order valence-corrected chi connectivity index (χ3v) is 5.48.